The van der Waals surface area contributed by atoms with E-state index in [2.05, 4.69) is 10.6 Å². The van der Waals surface area contributed by atoms with E-state index < -0.39 is 0 Å². The van der Waals surface area contributed by atoms with Crippen molar-refractivity contribution >= 4 is 17.5 Å². The van der Waals surface area contributed by atoms with Crippen molar-refractivity contribution in [1.82, 2.24) is 10.2 Å². The number of hydrogen-bond donors (Lipinski definition) is 2. The first kappa shape index (κ1) is 15.4. The van der Waals surface area contributed by atoms with Crippen LogP contribution in [0.4, 0.5) is 5.69 Å². The standard InChI is InChI=1S/C16H23N3O2/c1-17-15(20)12-18-14-8-6-13(7-9-14)16(21)19-10-4-2-3-5-11-19/h6-9,18H,2-5,10-12H2,1H3,(H,17,20). The number of nitrogens with one attached hydrogen (secondary N) is 2. The van der Waals surface area contributed by atoms with Gasteiger partial charge in [0.05, 0.1) is 6.54 Å². The number of benzene rings is 1. The average molecular weight is 289 g/mol. The lowest BCUT2D eigenvalue weighted by atomic mass is 10.1. The summed E-state index contributed by atoms with van der Waals surface area (Å²) in [6.45, 7) is 1.95. The number of hydrogen-bond acceptors (Lipinski definition) is 3. The molecule has 0 aromatic heterocycles. The molecule has 0 radical (unpaired) electrons. The molecular weight excluding hydrogens is 266 g/mol. The Bertz CT molecular complexity index is 477. The van der Waals surface area contributed by atoms with Gasteiger partial charge in [-0.05, 0) is 37.1 Å². The number of nitrogens with zero attached hydrogens (tertiary/aromatic N) is 1. The molecule has 0 atom stereocenters. The second kappa shape index (κ2) is 7.67. The largest absolute Gasteiger partial charge is 0.376 e. The van der Waals surface area contributed by atoms with Crippen molar-refractivity contribution < 1.29 is 9.59 Å². The minimum absolute atomic E-state index is 0.0697. The molecule has 2 N–H and O–H groups in total. The highest BCUT2D eigenvalue weighted by atomic mass is 16.2. The molecule has 0 saturated carbocycles. The second-order valence-electron chi connectivity index (χ2n) is 5.31. The topological polar surface area (TPSA) is 61.4 Å². The van der Waals surface area contributed by atoms with Gasteiger partial charge >= 0.3 is 0 Å². The van der Waals surface area contributed by atoms with Gasteiger partial charge in [0.2, 0.25) is 5.91 Å². The van der Waals surface area contributed by atoms with Crippen molar-refractivity contribution in [3.63, 3.8) is 0 Å². The van der Waals surface area contributed by atoms with Gasteiger partial charge < -0.3 is 15.5 Å². The molecule has 0 unspecified atom stereocenters. The third-order valence-electron chi connectivity index (χ3n) is 3.76. The SMILES string of the molecule is CNC(=O)CNc1ccc(C(=O)N2CCCCCC2)cc1. The number of rotatable bonds is 4. The van der Waals surface area contributed by atoms with Crippen LogP contribution in [0, 0.1) is 0 Å². The van der Waals surface area contributed by atoms with Crippen molar-refractivity contribution in [3.8, 4) is 0 Å². The Hall–Kier alpha value is -2.04. The lowest BCUT2D eigenvalue weighted by Gasteiger charge is -2.20. The van der Waals surface area contributed by atoms with Crippen LogP contribution in [0.25, 0.3) is 0 Å². The summed E-state index contributed by atoms with van der Waals surface area (Å²) in [6.07, 6.45) is 4.62. The van der Waals surface area contributed by atoms with Crippen LogP contribution in [0.15, 0.2) is 24.3 Å². The number of likely N-dealkylation sites (N-methyl/N-ethyl adjacent to an activating group) is 1. The summed E-state index contributed by atoms with van der Waals surface area (Å²) < 4.78 is 0. The third kappa shape index (κ3) is 4.48. The lowest BCUT2D eigenvalue weighted by molar-refractivity contribution is -0.118. The van der Waals surface area contributed by atoms with Crippen molar-refractivity contribution in [1.29, 1.82) is 0 Å². The van der Waals surface area contributed by atoms with Gasteiger partial charge in [0.25, 0.3) is 5.91 Å². The number of carbonyl (C=O) groups excluding carboxylic acids is 2. The summed E-state index contributed by atoms with van der Waals surface area (Å²) in [5.74, 6) is 0.0365. The van der Waals surface area contributed by atoms with E-state index in [1.807, 2.05) is 29.2 Å². The van der Waals surface area contributed by atoms with E-state index >= 15 is 0 Å². The molecule has 1 aromatic rings. The number of amides is 2. The number of anilines is 1. The fourth-order valence-corrected chi connectivity index (χ4v) is 2.46. The van der Waals surface area contributed by atoms with Gasteiger partial charge in [-0.25, -0.2) is 0 Å². The molecule has 2 amide bonds. The molecule has 1 heterocycles. The van der Waals surface area contributed by atoms with Crippen LogP contribution in [-0.2, 0) is 4.79 Å². The molecule has 1 aliphatic heterocycles. The predicted molar refractivity (Wildman–Crippen MR) is 83.4 cm³/mol. The van der Waals surface area contributed by atoms with E-state index in [9.17, 15) is 9.59 Å². The first-order valence-corrected chi connectivity index (χ1v) is 7.54. The zero-order valence-electron chi connectivity index (χ0n) is 12.5. The molecular formula is C16H23N3O2. The van der Waals surface area contributed by atoms with Gasteiger partial charge in [-0.2, -0.15) is 0 Å². The maximum Gasteiger partial charge on any atom is 0.253 e. The maximum atomic E-state index is 12.4. The van der Waals surface area contributed by atoms with Gasteiger partial charge in [-0.1, -0.05) is 12.8 Å². The van der Waals surface area contributed by atoms with Crippen molar-refractivity contribution in [3.05, 3.63) is 29.8 Å². The number of carbonyl (C=O) groups is 2. The summed E-state index contributed by atoms with van der Waals surface area (Å²) >= 11 is 0. The Labute approximate surface area is 125 Å². The van der Waals surface area contributed by atoms with E-state index in [0.717, 1.165) is 31.6 Å². The first-order chi connectivity index (χ1) is 10.2. The normalized spacial score (nSPS) is 15.2. The summed E-state index contributed by atoms with van der Waals surface area (Å²) in [6, 6.07) is 7.32. The Morgan fingerprint density at radius 3 is 2.24 bits per heavy atom. The van der Waals surface area contributed by atoms with Crippen molar-refractivity contribution in [2.75, 3.05) is 32.0 Å². The van der Waals surface area contributed by atoms with Gasteiger partial charge in [-0.3, -0.25) is 9.59 Å². The molecule has 1 fully saturated rings. The molecule has 1 saturated heterocycles. The van der Waals surface area contributed by atoms with Crippen LogP contribution >= 0.6 is 0 Å². The third-order valence-corrected chi connectivity index (χ3v) is 3.76. The van der Waals surface area contributed by atoms with Gasteiger partial charge in [0, 0.05) is 31.4 Å². The van der Waals surface area contributed by atoms with Crippen LogP contribution in [0.5, 0.6) is 0 Å². The molecule has 5 nitrogen and oxygen atoms in total. The minimum Gasteiger partial charge on any atom is -0.376 e. The highest BCUT2D eigenvalue weighted by molar-refractivity contribution is 5.94. The maximum absolute atomic E-state index is 12.4. The fourth-order valence-electron chi connectivity index (χ4n) is 2.46. The van der Waals surface area contributed by atoms with Crippen LogP contribution < -0.4 is 10.6 Å². The smallest absolute Gasteiger partial charge is 0.253 e. The van der Waals surface area contributed by atoms with E-state index in [1.54, 1.807) is 7.05 Å². The first-order valence-electron chi connectivity index (χ1n) is 7.54. The van der Waals surface area contributed by atoms with Crippen LogP contribution in [0.2, 0.25) is 0 Å². The molecule has 0 aliphatic carbocycles. The van der Waals surface area contributed by atoms with E-state index in [-0.39, 0.29) is 18.4 Å². The molecule has 0 spiro atoms. The van der Waals surface area contributed by atoms with Crippen LogP contribution in [0.3, 0.4) is 0 Å². The van der Waals surface area contributed by atoms with Crippen LogP contribution in [0.1, 0.15) is 36.0 Å². The Balaban J connectivity index is 1.94. The minimum atomic E-state index is -0.0697. The highest BCUT2D eigenvalue weighted by Crippen LogP contribution is 2.15. The number of likely N-dealkylation sites (tertiary alicyclic amines) is 1. The molecule has 21 heavy (non-hydrogen) atoms. The van der Waals surface area contributed by atoms with Gasteiger partial charge in [0.1, 0.15) is 0 Å². The quantitative estimate of drug-likeness (QED) is 0.889. The molecule has 5 heteroatoms. The second-order valence-corrected chi connectivity index (χ2v) is 5.31. The Morgan fingerprint density at radius 2 is 1.67 bits per heavy atom. The highest BCUT2D eigenvalue weighted by Gasteiger charge is 2.16. The van der Waals surface area contributed by atoms with E-state index in [0.29, 0.717) is 5.56 Å². The molecule has 1 aliphatic rings. The Kier molecular flexibility index (Phi) is 5.60. The summed E-state index contributed by atoms with van der Waals surface area (Å²) in [4.78, 5) is 25.5. The zero-order chi connectivity index (χ0) is 15.1. The molecule has 114 valence electrons. The molecule has 1 aromatic carbocycles. The Morgan fingerprint density at radius 1 is 1.05 bits per heavy atom. The van der Waals surface area contributed by atoms with E-state index in [4.69, 9.17) is 0 Å². The van der Waals surface area contributed by atoms with Gasteiger partial charge in [-0.15, -0.1) is 0 Å². The summed E-state index contributed by atoms with van der Waals surface area (Å²) in [5.41, 5.74) is 1.55. The molecule has 2 rings (SSSR count). The van der Waals surface area contributed by atoms with Gasteiger partial charge in [0.15, 0.2) is 0 Å². The van der Waals surface area contributed by atoms with Crippen molar-refractivity contribution in [2.24, 2.45) is 0 Å². The lowest BCUT2D eigenvalue weighted by Crippen LogP contribution is -2.31. The average Bonchev–Trinajstić information content (AvgIpc) is 2.81. The monoisotopic (exact) mass is 289 g/mol. The molecule has 0 bridgehead atoms. The summed E-state index contributed by atoms with van der Waals surface area (Å²) in [7, 11) is 1.60. The summed E-state index contributed by atoms with van der Waals surface area (Å²) in [5, 5.41) is 5.57. The fraction of sp³-hybridized carbons (Fsp3) is 0.500. The van der Waals surface area contributed by atoms with E-state index in [1.165, 1.54) is 12.8 Å². The predicted octanol–water partition coefficient (Wildman–Crippen LogP) is 1.86. The zero-order valence-corrected chi connectivity index (χ0v) is 12.5. The van der Waals surface area contributed by atoms with Crippen LogP contribution in [-0.4, -0.2) is 43.4 Å². The van der Waals surface area contributed by atoms with Crippen molar-refractivity contribution in [2.45, 2.75) is 25.7 Å².